The molecule has 0 spiro atoms. The van der Waals surface area contributed by atoms with E-state index < -0.39 is 5.82 Å². The van der Waals surface area contributed by atoms with Crippen LogP contribution in [0, 0.1) is 19.7 Å². The van der Waals surface area contributed by atoms with E-state index in [4.69, 9.17) is 0 Å². The Labute approximate surface area is 184 Å². The van der Waals surface area contributed by atoms with Crippen molar-refractivity contribution < 1.29 is 14.0 Å². The van der Waals surface area contributed by atoms with Crippen molar-refractivity contribution in [3.63, 3.8) is 0 Å². The number of aromatic nitrogens is 3. The number of hydrogen-bond acceptors (Lipinski definition) is 4. The molecule has 0 saturated carbocycles. The number of halogens is 1. The highest BCUT2D eigenvalue weighted by atomic mass is 19.1. The number of anilines is 1. The molecular formula is C24H22FN5O2. The number of pyridine rings is 1. The summed E-state index contributed by atoms with van der Waals surface area (Å²) in [6.45, 7) is 3.97. The number of rotatable bonds is 5. The van der Waals surface area contributed by atoms with Crippen molar-refractivity contribution >= 4 is 28.5 Å². The third kappa shape index (κ3) is 4.34. The van der Waals surface area contributed by atoms with Gasteiger partial charge in [-0.05, 0) is 61.9 Å². The van der Waals surface area contributed by atoms with Gasteiger partial charge in [0, 0.05) is 30.5 Å². The van der Waals surface area contributed by atoms with E-state index in [9.17, 15) is 14.0 Å². The van der Waals surface area contributed by atoms with Crippen molar-refractivity contribution in [1.29, 1.82) is 0 Å². The molecule has 32 heavy (non-hydrogen) atoms. The van der Waals surface area contributed by atoms with E-state index in [0.29, 0.717) is 22.5 Å². The predicted molar refractivity (Wildman–Crippen MR) is 120 cm³/mol. The van der Waals surface area contributed by atoms with Crippen LogP contribution in [-0.4, -0.2) is 26.6 Å². The van der Waals surface area contributed by atoms with Crippen molar-refractivity contribution in [1.82, 2.24) is 20.1 Å². The molecule has 2 aromatic heterocycles. The molecule has 0 aliphatic carbocycles. The number of nitrogens with one attached hydrogen (secondary N) is 2. The lowest BCUT2D eigenvalue weighted by atomic mass is 10.1. The number of amides is 2. The second-order valence-corrected chi connectivity index (χ2v) is 7.56. The van der Waals surface area contributed by atoms with Gasteiger partial charge in [0.2, 0.25) is 0 Å². The maximum atomic E-state index is 13.1. The third-order valence-electron chi connectivity index (χ3n) is 5.09. The lowest BCUT2D eigenvalue weighted by Gasteiger charge is -2.10. The minimum absolute atomic E-state index is 0.225. The summed E-state index contributed by atoms with van der Waals surface area (Å²) in [4.78, 5) is 29.8. The molecule has 0 aliphatic heterocycles. The summed E-state index contributed by atoms with van der Waals surface area (Å²) in [5.41, 5.74) is 4.42. The average molecular weight is 431 g/mol. The molecule has 0 fully saturated rings. The number of carbonyl (C=O) groups is 2. The van der Waals surface area contributed by atoms with Gasteiger partial charge in [0.05, 0.1) is 16.6 Å². The summed E-state index contributed by atoms with van der Waals surface area (Å²) in [5, 5.41) is 10.8. The van der Waals surface area contributed by atoms with Gasteiger partial charge in [0.25, 0.3) is 11.8 Å². The smallest absolute Gasteiger partial charge is 0.255 e. The van der Waals surface area contributed by atoms with Crippen LogP contribution in [0.1, 0.15) is 37.7 Å². The van der Waals surface area contributed by atoms with Crippen molar-refractivity contribution in [3.05, 3.63) is 88.5 Å². The molecule has 0 aliphatic rings. The van der Waals surface area contributed by atoms with E-state index >= 15 is 0 Å². The summed E-state index contributed by atoms with van der Waals surface area (Å²) in [5.74, 6) is -0.965. The molecular weight excluding hydrogens is 409 g/mol. The van der Waals surface area contributed by atoms with Gasteiger partial charge >= 0.3 is 0 Å². The summed E-state index contributed by atoms with van der Waals surface area (Å²) >= 11 is 0. The first-order valence-electron chi connectivity index (χ1n) is 10.1. The zero-order chi connectivity index (χ0) is 22.8. The molecule has 0 atom stereocenters. The first-order chi connectivity index (χ1) is 15.3. The number of fused-ring (bicyclic) bond motifs is 1. The summed E-state index contributed by atoms with van der Waals surface area (Å²) in [6, 6.07) is 14.3. The van der Waals surface area contributed by atoms with Gasteiger partial charge in [-0.1, -0.05) is 12.1 Å². The first kappa shape index (κ1) is 21.2. The van der Waals surface area contributed by atoms with Crippen molar-refractivity contribution in [3.8, 4) is 0 Å². The van der Waals surface area contributed by atoms with Crippen LogP contribution in [0.25, 0.3) is 11.0 Å². The zero-order valence-electron chi connectivity index (χ0n) is 17.9. The van der Waals surface area contributed by atoms with Crippen LogP contribution in [0.5, 0.6) is 0 Å². The molecule has 162 valence electrons. The first-order valence-corrected chi connectivity index (χ1v) is 10.1. The lowest BCUT2D eigenvalue weighted by Crippen LogP contribution is -2.23. The SMILES string of the molecule is Cc1cc(C(=O)NCc2cccc(NC(=O)c3ccc(F)cc3)c2)c2c(C)nn(C)c2n1. The molecule has 0 radical (unpaired) electrons. The summed E-state index contributed by atoms with van der Waals surface area (Å²) in [7, 11) is 1.80. The maximum Gasteiger partial charge on any atom is 0.255 e. The molecule has 2 amide bonds. The summed E-state index contributed by atoms with van der Waals surface area (Å²) in [6.07, 6.45) is 0. The van der Waals surface area contributed by atoms with Crippen molar-refractivity contribution in [2.75, 3.05) is 5.32 Å². The Morgan fingerprint density at radius 1 is 1.03 bits per heavy atom. The van der Waals surface area contributed by atoms with Crippen LogP contribution in [0.15, 0.2) is 54.6 Å². The van der Waals surface area contributed by atoms with E-state index in [0.717, 1.165) is 22.3 Å². The molecule has 2 N–H and O–H groups in total. The van der Waals surface area contributed by atoms with Crippen molar-refractivity contribution in [2.45, 2.75) is 20.4 Å². The van der Waals surface area contributed by atoms with Crippen LogP contribution in [0.4, 0.5) is 10.1 Å². The Morgan fingerprint density at radius 2 is 1.78 bits per heavy atom. The minimum atomic E-state index is -0.401. The largest absolute Gasteiger partial charge is 0.348 e. The second kappa shape index (κ2) is 8.58. The van der Waals surface area contributed by atoms with Gasteiger partial charge in [-0.25, -0.2) is 9.37 Å². The molecule has 8 heteroatoms. The van der Waals surface area contributed by atoms with Crippen LogP contribution >= 0.6 is 0 Å². The van der Waals surface area contributed by atoms with E-state index in [-0.39, 0.29) is 18.4 Å². The molecule has 0 saturated heterocycles. The highest BCUT2D eigenvalue weighted by molar-refractivity contribution is 6.06. The zero-order valence-corrected chi connectivity index (χ0v) is 17.9. The standard InChI is InChI=1S/C24H22FN5O2/c1-14-11-20(21-15(2)29-30(3)22(21)27-14)24(32)26-13-16-5-4-6-19(12-16)28-23(31)17-7-9-18(25)10-8-17/h4-12H,13H2,1-3H3,(H,26,32)(H,28,31). The fourth-order valence-corrected chi connectivity index (χ4v) is 3.59. The maximum absolute atomic E-state index is 13.1. The van der Waals surface area contributed by atoms with Crippen LogP contribution in [-0.2, 0) is 13.6 Å². The highest BCUT2D eigenvalue weighted by Crippen LogP contribution is 2.22. The Bertz CT molecular complexity index is 1330. The third-order valence-corrected chi connectivity index (χ3v) is 5.09. The van der Waals surface area contributed by atoms with Crippen LogP contribution in [0.2, 0.25) is 0 Å². The Kier molecular flexibility index (Phi) is 5.68. The lowest BCUT2D eigenvalue weighted by molar-refractivity contribution is 0.0951. The van der Waals surface area contributed by atoms with Gasteiger partial charge in [-0.15, -0.1) is 0 Å². The number of carbonyl (C=O) groups excluding carboxylic acids is 2. The molecule has 0 bridgehead atoms. The predicted octanol–water partition coefficient (Wildman–Crippen LogP) is 3.91. The molecule has 2 aromatic carbocycles. The molecule has 4 aromatic rings. The molecule has 4 rings (SSSR count). The van der Waals surface area contributed by atoms with Gasteiger partial charge in [0.15, 0.2) is 5.65 Å². The van der Waals surface area contributed by atoms with Gasteiger partial charge < -0.3 is 10.6 Å². The number of benzene rings is 2. The topological polar surface area (TPSA) is 88.9 Å². The number of aryl methyl sites for hydroxylation is 3. The average Bonchev–Trinajstić information content (AvgIpc) is 3.05. The van der Waals surface area contributed by atoms with Crippen LogP contribution < -0.4 is 10.6 Å². The molecule has 2 heterocycles. The number of hydrogen-bond donors (Lipinski definition) is 2. The highest BCUT2D eigenvalue weighted by Gasteiger charge is 2.17. The van der Waals surface area contributed by atoms with E-state index in [1.807, 2.05) is 19.9 Å². The van der Waals surface area contributed by atoms with E-state index in [1.165, 1.54) is 24.3 Å². The molecule has 7 nitrogen and oxygen atoms in total. The fraction of sp³-hybridized carbons (Fsp3) is 0.167. The second-order valence-electron chi connectivity index (χ2n) is 7.56. The quantitative estimate of drug-likeness (QED) is 0.502. The Morgan fingerprint density at radius 3 is 2.53 bits per heavy atom. The normalized spacial score (nSPS) is 10.9. The van der Waals surface area contributed by atoms with Crippen molar-refractivity contribution in [2.24, 2.45) is 7.05 Å². The van der Waals surface area contributed by atoms with Crippen LogP contribution in [0.3, 0.4) is 0 Å². The van der Waals surface area contributed by atoms with Gasteiger partial charge in [-0.3, -0.25) is 14.3 Å². The summed E-state index contributed by atoms with van der Waals surface area (Å²) < 4.78 is 14.7. The number of nitrogens with zero attached hydrogens (tertiary/aromatic N) is 3. The van der Waals surface area contributed by atoms with Gasteiger partial charge in [0.1, 0.15) is 5.82 Å². The fourth-order valence-electron chi connectivity index (χ4n) is 3.59. The van der Waals surface area contributed by atoms with Gasteiger partial charge in [-0.2, -0.15) is 5.10 Å². The Hall–Kier alpha value is -4.07. The Balaban J connectivity index is 1.48. The van der Waals surface area contributed by atoms with E-state index in [1.54, 1.807) is 36.0 Å². The monoisotopic (exact) mass is 431 g/mol. The molecule has 0 unspecified atom stereocenters. The minimum Gasteiger partial charge on any atom is -0.348 e. The van der Waals surface area contributed by atoms with E-state index in [2.05, 4.69) is 20.7 Å².